The summed E-state index contributed by atoms with van der Waals surface area (Å²) in [5.41, 5.74) is 1.12. The second kappa shape index (κ2) is 9.48. The van der Waals surface area contributed by atoms with Crippen LogP contribution in [0.1, 0.15) is 44.6 Å². The number of hydrogen-bond acceptors (Lipinski definition) is 2. The van der Waals surface area contributed by atoms with Gasteiger partial charge >= 0.3 is 12.1 Å². The molecule has 1 heterocycles. The molecule has 0 N–H and O–H groups in total. The highest BCUT2D eigenvalue weighted by molar-refractivity contribution is 6.42. The van der Waals surface area contributed by atoms with Crippen molar-refractivity contribution >= 4 is 29.1 Å². The molecule has 2 rings (SSSR count). The molecule has 0 aromatic heterocycles. The quantitative estimate of drug-likeness (QED) is 0.613. The van der Waals surface area contributed by atoms with Gasteiger partial charge in [0.05, 0.1) is 10.0 Å². The summed E-state index contributed by atoms with van der Waals surface area (Å²) in [6, 6.07) is 5.29. The molecule has 27 heavy (non-hydrogen) atoms. The second-order valence-corrected chi connectivity index (χ2v) is 7.84. The van der Waals surface area contributed by atoms with Gasteiger partial charge in [-0.3, -0.25) is 4.79 Å². The Labute approximate surface area is 168 Å². The minimum atomic E-state index is -4.80. The monoisotopic (exact) mass is 424 g/mol. The number of alkyl halides is 3. The molecule has 1 aliphatic heterocycles. The maximum absolute atomic E-state index is 12.7. The molecular formula is C19H25Cl2F3N2O. The minimum Gasteiger partial charge on any atom is -0.332 e. The molecule has 1 aromatic carbocycles. The first-order valence-electron chi connectivity index (χ1n) is 9.18. The van der Waals surface area contributed by atoms with Crippen LogP contribution in [0.25, 0.3) is 0 Å². The van der Waals surface area contributed by atoms with Crippen LogP contribution in [0.4, 0.5) is 13.2 Å². The van der Waals surface area contributed by atoms with Crippen LogP contribution in [0.2, 0.25) is 10.0 Å². The van der Waals surface area contributed by atoms with Crippen molar-refractivity contribution in [2.24, 2.45) is 0 Å². The van der Waals surface area contributed by atoms with Gasteiger partial charge in [0.1, 0.15) is 0 Å². The molecule has 0 aliphatic carbocycles. The van der Waals surface area contributed by atoms with E-state index in [1.807, 2.05) is 12.1 Å². The topological polar surface area (TPSA) is 23.6 Å². The van der Waals surface area contributed by atoms with Crippen LogP contribution < -0.4 is 0 Å². The summed E-state index contributed by atoms with van der Waals surface area (Å²) >= 11 is 12.0. The van der Waals surface area contributed by atoms with E-state index in [9.17, 15) is 18.0 Å². The van der Waals surface area contributed by atoms with E-state index in [2.05, 4.69) is 11.8 Å². The number of piperidine rings is 1. The number of rotatable bonds is 6. The van der Waals surface area contributed by atoms with Gasteiger partial charge in [0.25, 0.3) is 0 Å². The summed E-state index contributed by atoms with van der Waals surface area (Å²) in [5, 5.41) is 1.07. The zero-order valence-electron chi connectivity index (χ0n) is 15.5. The Kier molecular flexibility index (Phi) is 7.83. The van der Waals surface area contributed by atoms with Gasteiger partial charge in [0.2, 0.25) is 0 Å². The highest BCUT2D eigenvalue weighted by Gasteiger charge is 2.44. The Morgan fingerprint density at radius 3 is 2.41 bits per heavy atom. The number of likely N-dealkylation sites (tertiary alicyclic amines) is 1. The average Bonchev–Trinajstić information content (AvgIpc) is 2.62. The molecule has 1 amide bonds. The van der Waals surface area contributed by atoms with Crippen LogP contribution in [-0.4, -0.2) is 54.1 Å². The number of benzene rings is 1. The van der Waals surface area contributed by atoms with Crippen molar-refractivity contribution in [1.82, 2.24) is 9.80 Å². The summed E-state index contributed by atoms with van der Waals surface area (Å²) in [5.74, 6) is -1.42. The molecule has 0 radical (unpaired) electrons. The van der Waals surface area contributed by atoms with Crippen LogP contribution >= 0.6 is 23.2 Å². The van der Waals surface area contributed by atoms with Crippen molar-refractivity contribution in [1.29, 1.82) is 0 Å². The Bertz CT molecular complexity index is 646. The number of carbonyl (C=O) groups excluding carboxylic acids is 1. The molecular weight excluding hydrogens is 400 g/mol. The van der Waals surface area contributed by atoms with Gasteiger partial charge in [-0.15, -0.1) is 0 Å². The summed E-state index contributed by atoms with van der Waals surface area (Å²) in [7, 11) is 0. The van der Waals surface area contributed by atoms with Gasteiger partial charge in [-0.1, -0.05) is 36.2 Å². The number of hydrogen-bond donors (Lipinski definition) is 0. The molecule has 0 saturated carbocycles. The first kappa shape index (κ1) is 22.3. The van der Waals surface area contributed by atoms with E-state index < -0.39 is 12.1 Å². The van der Waals surface area contributed by atoms with Crippen molar-refractivity contribution in [2.45, 2.75) is 51.2 Å². The molecule has 1 saturated heterocycles. The predicted octanol–water partition coefficient (Wildman–Crippen LogP) is 5.36. The van der Waals surface area contributed by atoms with Crippen molar-refractivity contribution in [3.8, 4) is 0 Å². The van der Waals surface area contributed by atoms with Crippen LogP contribution in [-0.2, 0) is 4.79 Å². The summed E-state index contributed by atoms with van der Waals surface area (Å²) in [6.07, 6.45) is -2.75. The minimum absolute atomic E-state index is 0.0807. The predicted molar refractivity (Wildman–Crippen MR) is 102 cm³/mol. The third kappa shape index (κ3) is 6.00. The molecule has 1 unspecified atom stereocenters. The van der Waals surface area contributed by atoms with E-state index >= 15 is 0 Å². The van der Waals surface area contributed by atoms with Gasteiger partial charge in [-0.25, -0.2) is 0 Å². The van der Waals surface area contributed by atoms with E-state index in [0.717, 1.165) is 23.4 Å². The Balaban J connectivity index is 1.83. The van der Waals surface area contributed by atoms with E-state index in [-0.39, 0.29) is 12.6 Å². The third-order valence-electron chi connectivity index (χ3n) is 5.23. The van der Waals surface area contributed by atoms with E-state index in [0.29, 0.717) is 41.9 Å². The molecule has 0 bridgehead atoms. The van der Waals surface area contributed by atoms with Gasteiger partial charge in [-0.2, -0.15) is 13.2 Å². The standard InChI is InChI=1S/C19H25Cl2F3N2O/c1-3-26(18(27)19(22,23)24)15-7-10-25(11-8-15)9-6-13(2)14-4-5-16(20)17(21)12-14/h4-5,12-13,15H,3,6-11H2,1-2H3. The molecule has 0 spiro atoms. The first-order chi connectivity index (χ1) is 12.6. The lowest BCUT2D eigenvalue weighted by Crippen LogP contribution is -2.51. The number of carbonyl (C=O) groups is 1. The Morgan fingerprint density at radius 2 is 1.89 bits per heavy atom. The largest absolute Gasteiger partial charge is 0.471 e. The summed E-state index contributed by atoms with van der Waals surface area (Å²) in [4.78, 5) is 14.8. The first-order valence-corrected chi connectivity index (χ1v) is 9.94. The average molecular weight is 425 g/mol. The molecule has 8 heteroatoms. The zero-order valence-corrected chi connectivity index (χ0v) is 17.0. The summed E-state index contributed by atoms with van der Waals surface area (Å²) in [6.45, 7) is 6.04. The van der Waals surface area contributed by atoms with Crippen LogP contribution in [0.5, 0.6) is 0 Å². The van der Waals surface area contributed by atoms with Gasteiger partial charge < -0.3 is 9.80 Å². The maximum atomic E-state index is 12.7. The van der Waals surface area contributed by atoms with Crippen molar-refractivity contribution < 1.29 is 18.0 Å². The zero-order chi connectivity index (χ0) is 20.2. The smallest absolute Gasteiger partial charge is 0.332 e. The van der Waals surface area contributed by atoms with E-state index in [4.69, 9.17) is 23.2 Å². The highest BCUT2D eigenvalue weighted by atomic mass is 35.5. The molecule has 1 aromatic rings. The molecule has 3 nitrogen and oxygen atoms in total. The number of nitrogens with zero attached hydrogens (tertiary/aromatic N) is 2. The van der Waals surface area contributed by atoms with Crippen LogP contribution in [0.15, 0.2) is 18.2 Å². The molecule has 1 aliphatic rings. The van der Waals surface area contributed by atoms with E-state index in [1.165, 1.54) is 0 Å². The van der Waals surface area contributed by atoms with Crippen molar-refractivity contribution in [2.75, 3.05) is 26.2 Å². The fourth-order valence-electron chi connectivity index (χ4n) is 3.55. The third-order valence-corrected chi connectivity index (χ3v) is 5.97. The van der Waals surface area contributed by atoms with E-state index in [1.54, 1.807) is 13.0 Å². The Hall–Kier alpha value is -0.980. The Morgan fingerprint density at radius 1 is 1.26 bits per heavy atom. The number of halogens is 5. The SMILES string of the molecule is CCN(C(=O)C(F)(F)F)C1CCN(CCC(C)c2ccc(Cl)c(Cl)c2)CC1. The van der Waals surface area contributed by atoms with Crippen LogP contribution in [0.3, 0.4) is 0 Å². The van der Waals surface area contributed by atoms with Crippen LogP contribution in [0, 0.1) is 0 Å². The second-order valence-electron chi connectivity index (χ2n) is 7.03. The van der Waals surface area contributed by atoms with Crippen molar-refractivity contribution in [3.63, 3.8) is 0 Å². The molecule has 152 valence electrons. The fraction of sp³-hybridized carbons (Fsp3) is 0.632. The fourth-order valence-corrected chi connectivity index (χ4v) is 3.85. The maximum Gasteiger partial charge on any atom is 0.471 e. The highest BCUT2D eigenvalue weighted by Crippen LogP contribution is 2.29. The van der Waals surface area contributed by atoms with Gasteiger partial charge in [0, 0.05) is 25.7 Å². The van der Waals surface area contributed by atoms with Gasteiger partial charge in [0.15, 0.2) is 0 Å². The molecule has 1 atom stereocenters. The number of amides is 1. The normalized spacial score (nSPS) is 17.7. The lowest BCUT2D eigenvalue weighted by atomic mass is 9.96. The lowest BCUT2D eigenvalue weighted by molar-refractivity contribution is -0.188. The summed E-state index contributed by atoms with van der Waals surface area (Å²) < 4.78 is 38.2. The lowest BCUT2D eigenvalue weighted by Gasteiger charge is -2.38. The van der Waals surface area contributed by atoms with Crippen molar-refractivity contribution in [3.05, 3.63) is 33.8 Å². The van der Waals surface area contributed by atoms with Gasteiger partial charge in [-0.05, 0) is 56.3 Å². The molecule has 1 fully saturated rings.